The lowest BCUT2D eigenvalue weighted by atomic mass is 9.88. The molecule has 1 N–H and O–H groups in total. The van der Waals surface area contributed by atoms with Crippen LogP contribution >= 0.6 is 23.5 Å². The molecule has 0 radical (unpaired) electrons. The van der Waals surface area contributed by atoms with Crippen LogP contribution in [0.15, 0.2) is 12.2 Å². The maximum atomic E-state index is 13.4. The number of aliphatic hydroxyl groups is 1. The molecule has 0 aromatic rings. The van der Waals surface area contributed by atoms with Crippen molar-refractivity contribution >= 4 is 35.3 Å². The molecule has 0 aromatic heterocycles. The minimum atomic E-state index is -0.413. The van der Waals surface area contributed by atoms with Gasteiger partial charge in [-0.1, -0.05) is 77.9 Å². The van der Waals surface area contributed by atoms with E-state index in [2.05, 4.69) is 26.8 Å². The number of Topliss-reactive ketones (excluding diaryl/α,β-unsaturated/α-hetero) is 1. The van der Waals surface area contributed by atoms with Crippen LogP contribution in [-0.4, -0.2) is 52.1 Å². The quantitative estimate of drug-likeness (QED) is 0.0939. The second kappa shape index (κ2) is 20.6. The SMILES string of the molecule is CCCCC[C@H](O)/C=C/[C@@H]1[C@@H](C(CCCCCC(=O)OC)SCCCC)C(=O)C[C@H]1SCCCC. The Morgan fingerprint density at radius 3 is 2.37 bits per heavy atom. The molecule has 1 unspecified atom stereocenters. The summed E-state index contributed by atoms with van der Waals surface area (Å²) in [6.07, 6.45) is 17.7. The Morgan fingerprint density at radius 1 is 1.00 bits per heavy atom. The number of unbranched alkanes of at least 4 members (excludes halogenated alkanes) is 6. The molecule has 0 aromatic carbocycles. The van der Waals surface area contributed by atoms with E-state index in [9.17, 15) is 14.7 Å². The summed E-state index contributed by atoms with van der Waals surface area (Å²) in [5, 5.41) is 11.2. The van der Waals surface area contributed by atoms with Crippen LogP contribution < -0.4 is 0 Å². The summed E-state index contributed by atoms with van der Waals surface area (Å²) in [5.74, 6) is 2.72. The highest BCUT2D eigenvalue weighted by Crippen LogP contribution is 2.44. The molecule has 1 saturated carbocycles. The minimum Gasteiger partial charge on any atom is -0.469 e. The maximum absolute atomic E-state index is 13.4. The van der Waals surface area contributed by atoms with Crippen LogP contribution in [0.4, 0.5) is 0 Å². The van der Waals surface area contributed by atoms with E-state index in [0.717, 1.165) is 62.9 Å². The van der Waals surface area contributed by atoms with Gasteiger partial charge in [0.25, 0.3) is 0 Å². The second-order valence-corrected chi connectivity index (χ2v) is 12.6. The van der Waals surface area contributed by atoms with Gasteiger partial charge >= 0.3 is 5.97 Å². The second-order valence-electron chi connectivity index (χ2n) is 9.92. The van der Waals surface area contributed by atoms with E-state index in [0.29, 0.717) is 29.1 Å². The molecule has 6 heteroatoms. The van der Waals surface area contributed by atoms with Crippen LogP contribution in [0.5, 0.6) is 0 Å². The molecule has 0 bridgehead atoms. The summed E-state index contributed by atoms with van der Waals surface area (Å²) < 4.78 is 4.76. The van der Waals surface area contributed by atoms with Gasteiger partial charge in [-0.3, -0.25) is 9.59 Å². The average molecular weight is 529 g/mol. The van der Waals surface area contributed by atoms with E-state index < -0.39 is 6.10 Å². The van der Waals surface area contributed by atoms with Gasteiger partial charge in [0, 0.05) is 29.3 Å². The Morgan fingerprint density at radius 2 is 1.69 bits per heavy atom. The largest absolute Gasteiger partial charge is 0.469 e. The lowest BCUT2D eigenvalue weighted by molar-refractivity contribution is -0.140. The normalized spacial score (nSPS) is 22.1. The van der Waals surface area contributed by atoms with Crippen LogP contribution in [-0.2, 0) is 14.3 Å². The zero-order valence-corrected chi connectivity index (χ0v) is 24.5. The highest BCUT2D eigenvalue weighted by molar-refractivity contribution is 8.00. The fraction of sp³-hybridized carbons (Fsp3) is 0.862. The molecule has 5 atom stereocenters. The average Bonchev–Trinajstić information content (AvgIpc) is 3.16. The molecule has 4 nitrogen and oxygen atoms in total. The summed E-state index contributed by atoms with van der Waals surface area (Å²) in [4.78, 5) is 24.8. The van der Waals surface area contributed by atoms with E-state index in [4.69, 9.17) is 4.74 Å². The van der Waals surface area contributed by atoms with Gasteiger partial charge in [0.2, 0.25) is 0 Å². The number of thioether (sulfide) groups is 2. The minimum absolute atomic E-state index is 0.0377. The Hall–Kier alpha value is -0.460. The van der Waals surface area contributed by atoms with Crippen LogP contribution in [0.2, 0.25) is 0 Å². The van der Waals surface area contributed by atoms with Gasteiger partial charge in [-0.15, -0.1) is 0 Å². The first-order chi connectivity index (χ1) is 17.0. The van der Waals surface area contributed by atoms with E-state index in [-0.39, 0.29) is 17.8 Å². The van der Waals surface area contributed by atoms with Crippen molar-refractivity contribution in [3.63, 3.8) is 0 Å². The number of allylic oxidation sites excluding steroid dienone is 1. The smallest absolute Gasteiger partial charge is 0.305 e. The van der Waals surface area contributed by atoms with E-state index in [1.165, 1.54) is 32.8 Å². The molecule has 1 aliphatic rings. The number of ketones is 1. The molecule has 0 saturated heterocycles. The van der Waals surface area contributed by atoms with Crippen molar-refractivity contribution in [2.75, 3.05) is 18.6 Å². The number of aliphatic hydroxyl groups excluding tert-OH is 1. The van der Waals surface area contributed by atoms with Crippen LogP contribution in [0.1, 0.15) is 111 Å². The van der Waals surface area contributed by atoms with Crippen molar-refractivity contribution in [1.82, 2.24) is 0 Å². The molecule has 0 spiro atoms. The molecule has 1 aliphatic carbocycles. The van der Waals surface area contributed by atoms with Gasteiger partial charge in [0.15, 0.2) is 0 Å². The zero-order chi connectivity index (χ0) is 25.9. The molecule has 1 rings (SSSR count). The third-order valence-corrected chi connectivity index (χ3v) is 9.85. The van der Waals surface area contributed by atoms with Crippen molar-refractivity contribution in [3.8, 4) is 0 Å². The molecule has 0 aliphatic heterocycles. The van der Waals surface area contributed by atoms with Crippen molar-refractivity contribution in [2.45, 2.75) is 127 Å². The lowest BCUT2D eigenvalue weighted by Crippen LogP contribution is -2.29. The van der Waals surface area contributed by atoms with Gasteiger partial charge in [-0.2, -0.15) is 23.5 Å². The molecular weight excluding hydrogens is 476 g/mol. The van der Waals surface area contributed by atoms with Crippen molar-refractivity contribution in [3.05, 3.63) is 12.2 Å². The number of carbonyl (C=O) groups is 2. The first-order valence-electron chi connectivity index (χ1n) is 14.2. The number of carbonyl (C=O) groups excluding carboxylic acids is 2. The van der Waals surface area contributed by atoms with E-state index in [1.54, 1.807) is 0 Å². The van der Waals surface area contributed by atoms with E-state index in [1.807, 2.05) is 29.6 Å². The molecule has 35 heavy (non-hydrogen) atoms. The first-order valence-corrected chi connectivity index (χ1v) is 16.3. The van der Waals surface area contributed by atoms with Crippen LogP contribution in [0.3, 0.4) is 0 Å². The maximum Gasteiger partial charge on any atom is 0.305 e. The number of rotatable bonds is 21. The molecule has 0 heterocycles. The summed E-state index contributed by atoms with van der Waals surface area (Å²) in [6.45, 7) is 6.61. The zero-order valence-electron chi connectivity index (χ0n) is 22.8. The molecule has 204 valence electrons. The molecule has 1 fully saturated rings. The number of hydrogen-bond acceptors (Lipinski definition) is 6. The predicted octanol–water partition coefficient (Wildman–Crippen LogP) is 7.62. The number of esters is 1. The third-order valence-electron chi connectivity index (χ3n) is 6.93. The Kier molecular flexibility index (Phi) is 19.2. The monoisotopic (exact) mass is 528 g/mol. The topological polar surface area (TPSA) is 63.6 Å². The van der Waals surface area contributed by atoms with Gasteiger partial charge < -0.3 is 9.84 Å². The fourth-order valence-corrected chi connectivity index (χ4v) is 7.91. The van der Waals surface area contributed by atoms with Crippen molar-refractivity contribution < 1.29 is 19.4 Å². The number of hydrogen-bond donors (Lipinski definition) is 1. The van der Waals surface area contributed by atoms with Crippen molar-refractivity contribution in [2.24, 2.45) is 11.8 Å². The molecular formula is C29H52O4S2. The fourth-order valence-electron chi connectivity index (χ4n) is 4.76. The van der Waals surface area contributed by atoms with Gasteiger partial charge in [0.05, 0.1) is 13.2 Å². The highest BCUT2D eigenvalue weighted by Gasteiger charge is 2.45. The summed E-state index contributed by atoms with van der Waals surface area (Å²) in [7, 11) is 1.44. The molecule has 0 amide bonds. The van der Waals surface area contributed by atoms with E-state index >= 15 is 0 Å². The van der Waals surface area contributed by atoms with Gasteiger partial charge in [0.1, 0.15) is 5.78 Å². The van der Waals surface area contributed by atoms with Gasteiger partial charge in [-0.25, -0.2) is 0 Å². The number of methoxy groups -OCH3 is 1. The van der Waals surface area contributed by atoms with Crippen molar-refractivity contribution in [1.29, 1.82) is 0 Å². The van der Waals surface area contributed by atoms with Crippen LogP contribution in [0.25, 0.3) is 0 Å². The Labute approximate surface area is 224 Å². The summed E-state index contributed by atoms with van der Waals surface area (Å²) in [6, 6.07) is 0. The Bertz CT molecular complexity index is 595. The first kappa shape index (κ1) is 32.6. The predicted molar refractivity (Wildman–Crippen MR) is 153 cm³/mol. The summed E-state index contributed by atoms with van der Waals surface area (Å²) in [5.41, 5.74) is 0. The Balaban J connectivity index is 2.92. The highest BCUT2D eigenvalue weighted by atomic mass is 32.2. The van der Waals surface area contributed by atoms with Gasteiger partial charge in [-0.05, 0) is 49.5 Å². The lowest BCUT2D eigenvalue weighted by Gasteiger charge is -2.28. The standard InChI is InChI=1S/C29H52O4S2/c1-5-8-12-15-23(30)18-19-24-27(35-21-10-7-3)22-25(31)29(24)26(34-20-9-6-2)16-13-11-14-17-28(32)33-4/h18-19,23-24,26-27,29-30H,5-17,20-22H2,1-4H3/b19-18+/t23-,24-,26?,27+,29+/m0/s1. The number of ether oxygens (including phenoxy) is 1. The third kappa shape index (κ3) is 13.6. The summed E-state index contributed by atoms with van der Waals surface area (Å²) >= 11 is 3.95. The van der Waals surface area contributed by atoms with Crippen LogP contribution in [0, 0.1) is 11.8 Å².